The van der Waals surface area contributed by atoms with Gasteiger partial charge in [0, 0.05) is 24.5 Å². The summed E-state index contributed by atoms with van der Waals surface area (Å²) in [7, 11) is 0. The topological polar surface area (TPSA) is 49.4 Å². The number of carbonyl (C=O) groups excluding carboxylic acids is 2. The number of hydrogen-bond donors (Lipinski definition) is 1. The minimum Gasteiger partial charge on any atom is -0.344 e. The van der Waals surface area contributed by atoms with Crippen LogP contribution in [0.4, 0.5) is 0 Å². The van der Waals surface area contributed by atoms with Crippen molar-refractivity contribution in [1.29, 1.82) is 0 Å². The number of benzene rings is 1. The molecule has 1 saturated carbocycles. The van der Waals surface area contributed by atoms with Crippen LogP contribution in [0.3, 0.4) is 0 Å². The first-order valence-corrected chi connectivity index (χ1v) is 11.7. The standard InChI is InChI=1S/C24H35ClN2O2.CH4/c1-17(2)23(26-22(28)12-7-18-5-3-4-6-18)24(29)27-15-13-20(14-16-27)19-8-10-21(25)11-9-19;/h8-11,17-18,20,23H,3-7,12-16H2,1-2H3,(H,26,28);1H4/t23-;/m1./s1. The van der Waals surface area contributed by atoms with Crippen LogP contribution in [-0.2, 0) is 9.59 Å². The van der Waals surface area contributed by atoms with E-state index in [1.807, 2.05) is 30.9 Å². The smallest absolute Gasteiger partial charge is 0.245 e. The highest BCUT2D eigenvalue weighted by Gasteiger charge is 2.31. The summed E-state index contributed by atoms with van der Waals surface area (Å²) in [5.74, 6) is 1.35. The first-order valence-electron chi connectivity index (χ1n) is 11.3. The molecule has 2 fully saturated rings. The van der Waals surface area contributed by atoms with Crippen LogP contribution in [0.2, 0.25) is 5.02 Å². The molecule has 5 heteroatoms. The fraction of sp³-hybridized carbons (Fsp3) is 0.680. The third-order valence-corrected chi connectivity index (χ3v) is 6.90. The predicted octanol–water partition coefficient (Wildman–Crippen LogP) is 5.79. The Morgan fingerprint density at radius 3 is 2.23 bits per heavy atom. The SMILES string of the molecule is C.CC(C)[C@@H](NC(=O)CCC1CCCC1)C(=O)N1CCC(c2ccc(Cl)cc2)CC1. The van der Waals surface area contributed by atoms with Crippen LogP contribution >= 0.6 is 11.6 Å². The number of nitrogens with zero attached hydrogens (tertiary/aromatic N) is 1. The Hall–Kier alpha value is -1.55. The maximum Gasteiger partial charge on any atom is 0.245 e. The molecule has 0 unspecified atom stereocenters. The molecule has 1 heterocycles. The lowest BCUT2D eigenvalue weighted by molar-refractivity contribution is -0.138. The van der Waals surface area contributed by atoms with Gasteiger partial charge in [0.25, 0.3) is 0 Å². The fourth-order valence-electron chi connectivity index (χ4n) is 4.76. The van der Waals surface area contributed by atoms with E-state index in [-0.39, 0.29) is 25.2 Å². The second-order valence-electron chi connectivity index (χ2n) is 9.13. The molecule has 1 aliphatic carbocycles. The third kappa shape index (κ3) is 6.73. The Bertz CT molecular complexity index is 675. The summed E-state index contributed by atoms with van der Waals surface area (Å²) in [4.78, 5) is 27.5. The van der Waals surface area contributed by atoms with Crippen molar-refractivity contribution >= 4 is 23.4 Å². The van der Waals surface area contributed by atoms with E-state index in [1.165, 1.54) is 31.2 Å². The molecule has 0 aromatic heterocycles. The van der Waals surface area contributed by atoms with Gasteiger partial charge in [-0.3, -0.25) is 9.59 Å². The van der Waals surface area contributed by atoms with Gasteiger partial charge < -0.3 is 10.2 Å². The molecule has 1 aromatic rings. The number of likely N-dealkylation sites (tertiary alicyclic amines) is 1. The summed E-state index contributed by atoms with van der Waals surface area (Å²) in [6, 6.07) is 7.63. The Morgan fingerprint density at radius 2 is 1.67 bits per heavy atom. The van der Waals surface area contributed by atoms with E-state index in [2.05, 4.69) is 17.4 Å². The monoisotopic (exact) mass is 434 g/mol. The van der Waals surface area contributed by atoms with E-state index in [1.54, 1.807) is 0 Å². The average Bonchev–Trinajstić information content (AvgIpc) is 3.24. The Labute approximate surface area is 187 Å². The maximum absolute atomic E-state index is 13.1. The molecule has 4 nitrogen and oxygen atoms in total. The molecule has 1 aliphatic heterocycles. The zero-order valence-corrected chi connectivity index (χ0v) is 18.6. The van der Waals surface area contributed by atoms with E-state index in [0.717, 1.165) is 37.4 Å². The third-order valence-electron chi connectivity index (χ3n) is 6.65. The van der Waals surface area contributed by atoms with Gasteiger partial charge in [0.2, 0.25) is 11.8 Å². The van der Waals surface area contributed by atoms with Gasteiger partial charge in [-0.2, -0.15) is 0 Å². The second-order valence-corrected chi connectivity index (χ2v) is 9.57. The lowest BCUT2D eigenvalue weighted by Crippen LogP contribution is -2.52. The van der Waals surface area contributed by atoms with Crippen molar-refractivity contribution in [1.82, 2.24) is 10.2 Å². The second kappa shape index (κ2) is 11.7. The van der Waals surface area contributed by atoms with Crippen LogP contribution in [0, 0.1) is 11.8 Å². The van der Waals surface area contributed by atoms with Gasteiger partial charge in [0.05, 0.1) is 0 Å². The van der Waals surface area contributed by atoms with Crippen molar-refractivity contribution in [3.05, 3.63) is 34.9 Å². The van der Waals surface area contributed by atoms with Crippen molar-refractivity contribution in [2.45, 2.75) is 84.6 Å². The van der Waals surface area contributed by atoms with Crippen LogP contribution < -0.4 is 5.32 Å². The molecule has 2 aliphatic rings. The number of carbonyl (C=O) groups is 2. The molecular formula is C25H39ClN2O2. The molecular weight excluding hydrogens is 396 g/mol. The zero-order valence-electron chi connectivity index (χ0n) is 17.8. The van der Waals surface area contributed by atoms with Gasteiger partial charge in [-0.1, -0.05) is 70.7 Å². The predicted molar refractivity (Wildman–Crippen MR) is 125 cm³/mol. The lowest BCUT2D eigenvalue weighted by atomic mass is 9.89. The molecule has 0 bridgehead atoms. The van der Waals surface area contributed by atoms with Gasteiger partial charge in [0.1, 0.15) is 6.04 Å². The van der Waals surface area contributed by atoms with Gasteiger partial charge in [-0.15, -0.1) is 0 Å². The molecule has 0 spiro atoms. The van der Waals surface area contributed by atoms with Crippen LogP contribution in [0.25, 0.3) is 0 Å². The zero-order chi connectivity index (χ0) is 20.8. The van der Waals surface area contributed by atoms with Crippen LogP contribution in [0.15, 0.2) is 24.3 Å². The highest BCUT2D eigenvalue weighted by Crippen LogP contribution is 2.30. The normalized spacial score (nSPS) is 18.9. The van der Waals surface area contributed by atoms with Crippen LogP contribution in [0.1, 0.15) is 84.1 Å². The average molecular weight is 435 g/mol. The van der Waals surface area contributed by atoms with E-state index >= 15 is 0 Å². The van der Waals surface area contributed by atoms with Crippen molar-refractivity contribution in [2.24, 2.45) is 11.8 Å². The molecule has 1 N–H and O–H groups in total. The summed E-state index contributed by atoms with van der Waals surface area (Å²) in [5.41, 5.74) is 1.29. The molecule has 168 valence electrons. The van der Waals surface area contributed by atoms with E-state index in [0.29, 0.717) is 18.3 Å². The van der Waals surface area contributed by atoms with Gasteiger partial charge >= 0.3 is 0 Å². The first-order chi connectivity index (χ1) is 13.9. The highest BCUT2D eigenvalue weighted by molar-refractivity contribution is 6.30. The Morgan fingerprint density at radius 1 is 1.07 bits per heavy atom. The quantitative estimate of drug-likeness (QED) is 0.590. The largest absolute Gasteiger partial charge is 0.344 e. The van der Waals surface area contributed by atoms with Crippen molar-refractivity contribution in [2.75, 3.05) is 13.1 Å². The molecule has 1 atom stereocenters. The number of halogens is 1. The van der Waals surface area contributed by atoms with Gasteiger partial charge in [0.15, 0.2) is 0 Å². The van der Waals surface area contributed by atoms with Crippen LogP contribution in [-0.4, -0.2) is 35.8 Å². The van der Waals surface area contributed by atoms with Crippen LogP contribution in [0.5, 0.6) is 0 Å². The number of piperidine rings is 1. The van der Waals surface area contributed by atoms with E-state index in [4.69, 9.17) is 11.6 Å². The number of hydrogen-bond acceptors (Lipinski definition) is 2. The molecule has 2 amide bonds. The summed E-state index contributed by atoms with van der Waals surface area (Å²) < 4.78 is 0. The Balaban J connectivity index is 0.00000320. The van der Waals surface area contributed by atoms with Gasteiger partial charge in [-0.25, -0.2) is 0 Å². The minimum atomic E-state index is -0.418. The Kier molecular flexibility index (Phi) is 9.67. The molecule has 0 radical (unpaired) electrons. The summed E-state index contributed by atoms with van der Waals surface area (Å²) in [5, 5.41) is 3.80. The molecule has 3 rings (SSSR count). The summed E-state index contributed by atoms with van der Waals surface area (Å²) in [6.45, 7) is 5.52. The van der Waals surface area contributed by atoms with Crippen molar-refractivity contribution < 1.29 is 9.59 Å². The molecule has 30 heavy (non-hydrogen) atoms. The molecule has 1 saturated heterocycles. The van der Waals surface area contributed by atoms with E-state index < -0.39 is 6.04 Å². The van der Waals surface area contributed by atoms with E-state index in [9.17, 15) is 9.59 Å². The number of amides is 2. The maximum atomic E-state index is 13.1. The number of nitrogens with one attached hydrogen (secondary N) is 1. The molecule has 1 aromatic carbocycles. The van der Waals surface area contributed by atoms with Crippen molar-refractivity contribution in [3.8, 4) is 0 Å². The minimum absolute atomic E-state index is 0. The fourth-order valence-corrected chi connectivity index (χ4v) is 4.88. The summed E-state index contributed by atoms with van der Waals surface area (Å²) >= 11 is 5.99. The number of rotatable bonds is 7. The first kappa shape index (κ1) is 24.7. The highest BCUT2D eigenvalue weighted by atomic mass is 35.5. The van der Waals surface area contributed by atoms with Gasteiger partial charge in [-0.05, 0) is 54.7 Å². The lowest BCUT2D eigenvalue weighted by Gasteiger charge is -2.35. The summed E-state index contributed by atoms with van der Waals surface area (Å²) in [6.07, 6.45) is 8.50. The van der Waals surface area contributed by atoms with Crippen molar-refractivity contribution in [3.63, 3.8) is 0 Å².